The third-order valence-corrected chi connectivity index (χ3v) is 3.91. The minimum Gasteiger partial charge on any atom is -0.382 e. The van der Waals surface area contributed by atoms with Crippen LogP contribution in [0.5, 0.6) is 0 Å². The fourth-order valence-electron chi connectivity index (χ4n) is 1.40. The fraction of sp³-hybridized carbons (Fsp3) is 0.700. The zero-order chi connectivity index (χ0) is 13.4. The number of urea groups is 1. The van der Waals surface area contributed by atoms with Crippen molar-refractivity contribution < 1.29 is 15.0 Å². The van der Waals surface area contributed by atoms with Crippen molar-refractivity contribution in [3.8, 4) is 0 Å². The molecule has 3 atom stereocenters. The lowest BCUT2D eigenvalue weighted by Crippen LogP contribution is -2.57. The summed E-state index contributed by atoms with van der Waals surface area (Å²) in [4.78, 5) is 11.5. The monoisotopic (exact) mass is 282 g/mol. The largest absolute Gasteiger partial charge is 0.382 e. The molecule has 1 rings (SSSR count). The molecule has 0 fully saturated rings. The summed E-state index contributed by atoms with van der Waals surface area (Å²) in [6, 6.07) is -0.416. The summed E-state index contributed by atoms with van der Waals surface area (Å²) >= 11 is 11.9. The van der Waals surface area contributed by atoms with Crippen molar-refractivity contribution in [1.29, 1.82) is 0 Å². The van der Waals surface area contributed by atoms with Gasteiger partial charge in [0.2, 0.25) is 0 Å². The molecule has 3 N–H and O–H groups in total. The van der Waals surface area contributed by atoms with Crippen LogP contribution in [-0.2, 0) is 0 Å². The zero-order valence-electron chi connectivity index (χ0n) is 9.87. The molecule has 7 heteroatoms. The van der Waals surface area contributed by atoms with Crippen LogP contribution in [0.25, 0.3) is 0 Å². The van der Waals surface area contributed by atoms with Crippen LogP contribution in [-0.4, -0.2) is 51.3 Å². The minimum atomic E-state index is -2.03. The Balaban J connectivity index is 2.91. The van der Waals surface area contributed by atoms with Crippen molar-refractivity contribution >= 4 is 29.2 Å². The Bertz CT molecular complexity index is 353. The molecular weight excluding hydrogens is 267 g/mol. The van der Waals surface area contributed by atoms with E-state index in [-0.39, 0.29) is 12.1 Å². The van der Waals surface area contributed by atoms with Gasteiger partial charge in [-0.2, -0.15) is 0 Å². The Hall–Kier alpha value is -0.490. The normalized spacial score (nSPS) is 37.4. The van der Waals surface area contributed by atoms with E-state index in [0.29, 0.717) is 0 Å². The Labute approximate surface area is 110 Å². The number of nitrogens with one attached hydrogen (secondary N) is 1. The molecular formula is C10H16Cl2N2O3. The Morgan fingerprint density at radius 1 is 1.59 bits per heavy atom. The molecule has 0 saturated carbocycles. The van der Waals surface area contributed by atoms with Gasteiger partial charge < -0.3 is 20.4 Å². The van der Waals surface area contributed by atoms with E-state index >= 15 is 0 Å². The number of carbonyl (C=O) groups is 1. The number of amides is 2. The van der Waals surface area contributed by atoms with Crippen molar-refractivity contribution in [1.82, 2.24) is 10.2 Å². The first kappa shape index (κ1) is 14.6. The number of nitrogens with zero attached hydrogens (tertiary/aromatic N) is 1. The number of alkyl halides is 2. The highest BCUT2D eigenvalue weighted by Crippen LogP contribution is 2.43. The number of rotatable bonds is 1. The lowest BCUT2D eigenvalue weighted by Gasteiger charge is -2.42. The van der Waals surface area contributed by atoms with Crippen LogP contribution in [0.4, 0.5) is 4.79 Å². The van der Waals surface area contributed by atoms with Crippen LogP contribution < -0.4 is 5.32 Å². The average molecular weight is 283 g/mol. The maximum atomic E-state index is 11.4. The first-order chi connectivity index (χ1) is 7.59. The molecule has 0 aromatic rings. The van der Waals surface area contributed by atoms with Crippen LogP contribution in [0.1, 0.15) is 13.3 Å². The second-order valence-electron chi connectivity index (χ2n) is 4.46. The van der Waals surface area contributed by atoms with Gasteiger partial charge in [0.05, 0.1) is 4.87 Å². The van der Waals surface area contributed by atoms with Gasteiger partial charge in [0.25, 0.3) is 0 Å². The van der Waals surface area contributed by atoms with Gasteiger partial charge in [-0.1, -0.05) is 17.7 Å². The molecule has 3 unspecified atom stereocenters. The first-order valence-electron chi connectivity index (χ1n) is 5.06. The maximum absolute atomic E-state index is 11.4. The minimum absolute atomic E-state index is 0.152. The van der Waals surface area contributed by atoms with E-state index < -0.39 is 22.1 Å². The third-order valence-electron chi connectivity index (χ3n) is 2.75. The predicted molar refractivity (Wildman–Crippen MR) is 66.0 cm³/mol. The molecule has 0 radical (unpaired) electrons. The van der Waals surface area contributed by atoms with E-state index in [1.807, 2.05) is 0 Å². The molecule has 0 saturated heterocycles. The topological polar surface area (TPSA) is 72.8 Å². The number of hydrogen-bond acceptors (Lipinski definition) is 3. The Kier molecular flexibility index (Phi) is 3.98. The van der Waals surface area contributed by atoms with Gasteiger partial charge >= 0.3 is 6.03 Å². The van der Waals surface area contributed by atoms with E-state index in [1.165, 1.54) is 11.8 Å². The number of allylic oxidation sites excluding steroid dienone is 1. The Morgan fingerprint density at radius 2 is 2.12 bits per heavy atom. The average Bonchev–Trinajstić information content (AvgIpc) is 2.20. The molecule has 98 valence electrons. The predicted octanol–water partition coefficient (Wildman–Crippen LogP) is 0.831. The highest BCUT2D eigenvalue weighted by molar-refractivity contribution is 6.34. The summed E-state index contributed by atoms with van der Waals surface area (Å²) in [7, 11) is 3.12. The summed E-state index contributed by atoms with van der Waals surface area (Å²) in [6.07, 6.45) is 0.328. The number of hydrogen-bond donors (Lipinski definition) is 3. The summed E-state index contributed by atoms with van der Waals surface area (Å²) in [5.41, 5.74) is 0.152. The lowest BCUT2D eigenvalue weighted by atomic mass is 9.87. The fourth-order valence-corrected chi connectivity index (χ4v) is 1.78. The van der Waals surface area contributed by atoms with Gasteiger partial charge in [0.1, 0.15) is 6.10 Å². The van der Waals surface area contributed by atoms with Crippen LogP contribution in [0.3, 0.4) is 0 Å². The standard InChI is InChI=1S/C10H16Cl2N2O3/c1-9(11)5-4-6(7(15)10(9,12)17)13-8(16)14(2)3/h4,7,15,17H,5H2,1-3H3,(H,13,16). The highest BCUT2D eigenvalue weighted by atomic mass is 35.5. The molecule has 17 heavy (non-hydrogen) atoms. The van der Waals surface area contributed by atoms with Gasteiger partial charge in [0, 0.05) is 19.8 Å². The third kappa shape index (κ3) is 2.68. The van der Waals surface area contributed by atoms with Crippen molar-refractivity contribution in [2.24, 2.45) is 0 Å². The SMILES string of the molecule is CN(C)C(=O)NC1=CCC(C)(Cl)C(O)(Cl)C1O. The zero-order valence-corrected chi connectivity index (χ0v) is 11.4. The second-order valence-corrected chi connectivity index (χ2v) is 5.87. The maximum Gasteiger partial charge on any atom is 0.321 e. The quantitative estimate of drug-likeness (QED) is 0.624. The van der Waals surface area contributed by atoms with Crippen molar-refractivity contribution in [2.45, 2.75) is 29.4 Å². The number of halogens is 2. The molecule has 1 aliphatic carbocycles. The smallest absolute Gasteiger partial charge is 0.321 e. The van der Waals surface area contributed by atoms with Crippen LogP contribution in [0, 0.1) is 0 Å². The van der Waals surface area contributed by atoms with Gasteiger partial charge in [-0.3, -0.25) is 0 Å². The molecule has 0 spiro atoms. The Morgan fingerprint density at radius 3 is 2.59 bits per heavy atom. The van der Waals surface area contributed by atoms with Gasteiger partial charge in [-0.05, 0) is 13.3 Å². The van der Waals surface area contributed by atoms with Crippen molar-refractivity contribution in [2.75, 3.05) is 14.1 Å². The summed E-state index contributed by atoms with van der Waals surface area (Å²) in [6.45, 7) is 1.52. The van der Waals surface area contributed by atoms with Crippen LogP contribution in [0.2, 0.25) is 0 Å². The highest BCUT2D eigenvalue weighted by Gasteiger charge is 2.53. The van der Waals surface area contributed by atoms with Gasteiger partial charge in [0.15, 0.2) is 5.06 Å². The molecule has 0 heterocycles. The van der Waals surface area contributed by atoms with Crippen LogP contribution in [0.15, 0.2) is 11.8 Å². The van der Waals surface area contributed by atoms with Crippen LogP contribution >= 0.6 is 23.2 Å². The molecule has 0 bridgehead atoms. The van der Waals surface area contributed by atoms with Crippen molar-refractivity contribution in [3.63, 3.8) is 0 Å². The number of aliphatic hydroxyl groups is 2. The summed E-state index contributed by atoms with van der Waals surface area (Å²) in [5.74, 6) is 0. The van der Waals surface area contributed by atoms with E-state index in [4.69, 9.17) is 23.2 Å². The van der Waals surface area contributed by atoms with E-state index in [1.54, 1.807) is 20.2 Å². The molecule has 0 aromatic carbocycles. The molecule has 1 aliphatic rings. The molecule has 0 aliphatic heterocycles. The van der Waals surface area contributed by atoms with E-state index in [2.05, 4.69) is 5.32 Å². The molecule has 0 aromatic heterocycles. The number of aliphatic hydroxyl groups excluding tert-OH is 1. The van der Waals surface area contributed by atoms with Crippen molar-refractivity contribution in [3.05, 3.63) is 11.8 Å². The van der Waals surface area contributed by atoms with Gasteiger partial charge in [-0.15, -0.1) is 11.6 Å². The number of carbonyl (C=O) groups excluding carboxylic acids is 1. The van der Waals surface area contributed by atoms with Gasteiger partial charge in [-0.25, -0.2) is 4.79 Å². The first-order valence-corrected chi connectivity index (χ1v) is 5.82. The van der Waals surface area contributed by atoms with E-state index in [0.717, 1.165) is 0 Å². The molecule has 2 amide bonds. The summed E-state index contributed by atoms with van der Waals surface area (Å²) in [5, 5.41) is 20.3. The van der Waals surface area contributed by atoms with E-state index in [9.17, 15) is 15.0 Å². The lowest BCUT2D eigenvalue weighted by molar-refractivity contribution is -0.0267. The summed E-state index contributed by atoms with van der Waals surface area (Å²) < 4.78 is 0. The molecule has 5 nitrogen and oxygen atoms in total. The second kappa shape index (κ2) is 4.65.